The lowest BCUT2D eigenvalue weighted by molar-refractivity contribution is 0.0983. The average Bonchev–Trinajstić information content (AvgIpc) is 2.53. The van der Waals surface area contributed by atoms with Gasteiger partial charge in [0, 0.05) is 18.5 Å². The smallest absolute Gasteiger partial charge is 0.164 e. The monoisotopic (exact) mass is 283 g/mol. The molecule has 2 nitrogen and oxygen atoms in total. The van der Waals surface area contributed by atoms with Crippen molar-refractivity contribution in [1.29, 1.82) is 0 Å². The highest BCUT2D eigenvalue weighted by molar-refractivity contribution is 6.00. The number of hydrogen-bond donors (Lipinski definition) is 1. The minimum absolute atomic E-state index is 0.224. The lowest BCUT2D eigenvalue weighted by Crippen LogP contribution is -2.19. The van der Waals surface area contributed by atoms with Crippen LogP contribution in [0.4, 0.5) is 0 Å². The lowest BCUT2D eigenvalue weighted by atomic mass is 10.0. The van der Waals surface area contributed by atoms with Crippen LogP contribution in [0, 0.1) is 0 Å². The van der Waals surface area contributed by atoms with Crippen molar-refractivity contribution in [3.63, 3.8) is 0 Å². The van der Waals surface area contributed by atoms with E-state index in [2.05, 4.69) is 24.4 Å². The molecule has 0 atom stereocenters. The van der Waals surface area contributed by atoms with Crippen molar-refractivity contribution < 1.29 is 4.79 Å². The van der Waals surface area contributed by atoms with E-state index in [1.807, 2.05) is 30.3 Å². The van der Waals surface area contributed by atoms with Gasteiger partial charge in [-0.25, -0.2) is 0 Å². The summed E-state index contributed by atoms with van der Waals surface area (Å²) in [4.78, 5) is 12.2. The fourth-order valence-electron chi connectivity index (χ4n) is 2.51. The molecule has 0 spiro atoms. The molecule has 21 heavy (non-hydrogen) atoms. The molecule has 2 aromatic carbocycles. The highest BCUT2D eigenvalue weighted by atomic mass is 16.1. The molecular weight excluding hydrogens is 258 g/mol. The first-order valence-corrected chi connectivity index (χ1v) is 8.04. The summed E-state index contributed by atoms with van der Waals surface area (Å²) in [7, 11) is 0. The summed E-state index contributed by atoms with van der Waals surface area (Å²) in [5.74, 6) is 0.224. The van der Waals surface area contributed by atoms with Crippen molar-refractivity contribution in [3.8, 4) is 0 Å². The summed E-state index contributed by atoms with van der Waals surface area (Å²) in [6, 6.07) is 14.1. The van der Waals surface area contributed by atoms with Gasteiger partial charge < -0.3 is 5.32 Å². The second-order valence-corrected chi connectivity index (χ2v) is 5.55. The van der Waals surface area contributed by atoms with Crippen LogP contribution in [-0.4, -0.2) is 18.9 Å². The quantitative estimate of drug-likeness (QED) is 0.539. The molecular formula is C19H25NO. The van der Waals surface area contributed by atoms with E-state index in [-0.39, 0.29) is 5.78 Å². The number of rotatable bonds is 9. The minimum atomic E-state index is 0.224. The van der Waals surface area contributed by atoms with Gasteiger partial charge in [0.05, 0.1) is 0 Å². The molecule has 1 N–H and O–H groups in total. The third kappa shape index (κ3) is 4.98. The maximum Gasteiger partial charge on any atom is 0.164 e. The number of benzene rings is 2. The van der Waals surface area contributed by atoms with Gasteiger partial charge in [-0.05, 0) is 29.8 Å². The van der Waals surface area contributed by atoms with Crippen molar-refractivity contribution in [2.24, 2.45) is 0 Å². The Kier molecular flexibility index (Phi) is 6.42. The predicted molar refractivity (Wildman–Crippen MR) is 89.9 cm³/mol. The van der Waals surface area contributed by atoms with E-state index in [0.29, 0.717) is 6.42 Å². The first-order valence-electron chi connectivity index (χ1n) is 8.04. The molecule has 0 saturated heterocycles. The van der Waals surface area contributed by atoms with Gasteiger partial charge in [-0.2, -0.15) is 0 Å². The Morgan fingerprint density at radius 3 is 2.57 bits per heavy atom. The molecule has 0 saturated carbocycles. The van der Waals surface area contributed by atoms with Gasteiger partial charge in [0.2, 0.25) is 0 Å². The number of carbonyl (C=O) groups is 1. The molecule has 0 unspecified atom stereocenters. The molecule has 0 bridgehead atoms. The number of ketones is 1. The molecule has 2 aromatic rings. The maximum absolute atomic E-state index is 12.2. The molecule has 0 heterocycles. The third-order valence-electron chi connectivity index (χ3n) is 3.81. The highest BCUT2D eigenvalue weighted by Gasteiger charge is 2.06. The van der Waals surface area contributed by atoms with Gasteiger partial charge in [0.1, 0.15) is 0 Å². The second kappa shape index (κ2) is 8.58. The van der Waals surface area contributed by atoms with Crippen LogP contribution >= 0.6 is 0 Å². The van der Waals surface area contributed by atoms with Crippen LogP contribution in [-0.2, 0) is 0 Å². The number of carbonyl (C=O) groups excluding carboxylic acids is 1. The molecule has 0 aliphatic rings. The standard InChI is InChI=1S/C19H25NO/c1-2-3-4-7-13-20-14-12-19(21)18-11-10-16-8-5-6-9-17(16)15-18/h5-6,8-11,15,20H,2-4,7,12-14H2,1H3. The number of nitrogens with one attached hydrogen (secondary N) is 1. The number of Topliss-reactive ketones (excluding diaryl/α,β-unsaturated/α-hetero) is 1. The van der Waals surface area contributed by atoms with Crippen LogP contribution in [0.5, 0.6) is 0 Å². The third-order valence-corrected chi connectivity index (χ3v) is 3.81. The predicted octanol–water partition coefficient (Wildman–Crippen LogP) is 4.58. The van der Waals surface area contributed by atoms with E-state index in [0.717, 1.165) is 24.0 Å². The molecule has 2 heteroatoms. The molecule has 0 radical (unpaired) electrons. The number of fused-ring (bicyclic) bond motifs is 1. The van der Waals surface area contributed by atoms with Gasteiger partial charge in [-0.15, -0.1) is 0 Å². The van der Waals surface area contributed by atoms with E-state index in [4.69, 9.17) is 0 Å². The van der Waals surface area contributed by atoms with E-state index in [1.165, 1.54) is 31.1 Å². The maximum atomic E-state index is 12.2. The zero-order valence-corrected chi connectivity index (χ0v) is 12.9. The van der Waals surface area contributed by atoms with E-state index in [9.17, 15) is 4.79 Å². The molecule has 2 rings (SSSR count). The normalized spacial score (nSPS) is 10.9. The molecule has 0 amide bonds. The fraction of sp³-hybridized carbons (Fsp3) is 0.421. The summed E-state index contributed by atoms with van der Waals surface area (Å²) in [6.07, 6.45) is 5.63. The fourth-order valence-corrected chi connectivity index (χ4v) is 2.51. The largest absolute Gasteiger partial charge is 0.316 e. The Morgan fingerprint density at radius 1 is 0.952 bits per heavy atom. The van der Waals surface area contributed by atoms with E-state index in [1.54, 1.807) is 0 Å². The summed E-state index contributed by atoms with van der Waals surface area (Å²) >= 11 is 0. The van der Waals surface area contributed by atoms with Gasteiger partial charge in [-0.1, -0.05) is 62.6 Å². The first kappa shape index (κ1) is 15.7. The van der Waals surface area contributed by atoms with Gasteiger partial charge in [0.15, 0.2) is 5.78 Å². The lowest BCUT2D eigenvalue weighted by Gasteiger charge is -2.05. The number of hydrogen-bond acceptors (Lipinski definition) is 2. The van der Waals surface area contributed by atoms with Crippen LogP contribution in [0.1, 0.15) is 49.4 Å². The van der Waals surface area contributed by atoms with Crippen molar-refractivity contribution in [2.75, 3.05) is 13.1 Å². The highest BCUT2D eigenvalue weighted by Crippen LogP contribution is 2.16. The molecule has 0 aliphatic carbocycles. The van der Waals surface area contributed by atoms with Gasteiger partial charge in [0.25, 0.3) is 0 Å². The summed E-state index contributed by atoms with van der Waals surface area (Å²) in [6.45, 7) is 4.01. The first-order chi connectivity index (χ1) is 10.3. The summed E-state index contributed by atoms with van der Waals surface area (Å²) in [5, 5.41) is 5.68. The van der Waals surface area contributed by atoms with Crippen molar-refractivity contribution in [3.05, 3.63) is 48.0 Å². The van der Waals surface area contributed by atoms with Crippen molar-refractivity contribution in [2.45, 2.75) is 39.0 Å². The van der Waals surface area contributed by atoms with Crippen LogP contribution in [0.2, 0.25) is 0 Å². The topological polar surface area (TPSA) is 29.1 Å². The Balaban J connectivity index is 1.77. The second-order valence-electron chi connectivity index (χ2n) is 5.55. The Hall–Kier alpha value is -1.67. The van der Waals surface area contributed by atoms with Crippen molar-refractivity contribution >= 4 is 16.6 Å². The van der Waals surface area contributed by atoms with Crippen LogP contribution in [0.25, 0.3) is 10.8 Å². The van der Waals surface area contributed by atoms with Crippen LogP contribution in [0.15, 0.2) is 42.5 Å². The molecule has 0 aliphatic heterocycles. The zero-order chi connectivity index (χ0) is 14.9. The SMILES string of the molecule is CCCCCCNCCC(=O)c1ccc2ccccc2c1. The van der Waals surface area contributed by atoms with Gasteiger partial charge >= 0.3 is 0 Å². The van der Waals surface area contributed by atoms with E-state index >= 15 is 0 Å². The molecule has 0 fully saturated rings. The Morgan fingerprint density at radius 2 is 1.76 bits per heavy atom. The zero-order valence-electron chi connectivity index (χ0n) is 12.9. The van der Waals surface area contributed by atoms with Crippen LogP contribution < -0.4 is 5.32 Å². The van der Waals surface area contributed by atoms with Crippen LogP contribution in [0.3, 0.4) is 0 Å². The summed E-state index contributed by atoms with van der Waals surface area (Å²) in [5.41, 5.74) is 0.821. The van der Waals surface area contributed by atoms with Crippen molar-refractivity contribution in [1.82, 2.24) is 5.32 Å². The Bertz CT molecular complexity index is 577. The minimum Gasteiger partial charge on any atom is -0.316 e. The molecule has 112 valence electrons. The number of unbranched alkanes of at least 4 members (excludes halogenated alkanes) is 3. The summed E-state index contributed by atoms with van der Waals surface area (Å²) < 4.78 is 0. The Labute approximate surface area is 127 Å². The van der Waals surface area contributed by atoms with E-state index < -0.39 is 0 Å². The van der Waals surface area contributed by atoms with Gasteiger partial charge in [-0.3, -0.25) is 4.79 Å². The molecule has 0 aromatic heterocycles. The average molecular weight is 283 g/mol.